The highest BCUT2D eigenvalue weighted by Crippen LogP contribution is 2.20. The van der Waals surface area contributed by atoms with Crippen molar-refractivity contribution in [3.05, 3.63) is 48.5 Å². The van der Waals surface area contributed by atoms with Crippen LogP contribution in [-0.2, 0) is 15.9 Å². The molecule has 1 heterocycles. The van der Waals surface area contributed by atoms with E-state index in [1.54, 1.807) is 18.2 Å². The van der Waals surface area contributed by atoms with Crippen molar-refractivity contribution in [1.29, 1.82) is 0 Å². The molecule has 0 aliphatic carbocycles. The van der Waals surface area contributed by atoms with Gasteiger partial charge in [-0.15, -0.1) is 11.6 Å². The van der Waals surface area contributed by atoms with Crippen molar-refractivity contribution in [3.8, 4) is 0 Å². The number of halogens is 1. The molecule has 0 unspecified atom stereocenters. The first-order chi connectivity index (χ1) is 8.63. The minimum Gasteiger partial charge on any atom is -0.276 e. The van der Waals surface area contributed by atoms with Crippen molar-refractivity contribution in [2.75, 3.05) is 4.72 Å². The molecular formula is C11H10ClN3O2S. The van der Waals surface area contributed by atoms with Gasteiger partial charge in [-0.3, -0.25) is 4.72 Å². The molecule has 2 aromatic rings. The lowest BCUT2D eigenvalue weighted by molar-refractivity contribution is 0.600. The van der Waals surface area contributed by atoms with Gasteiger partial charge in [-0.05, 0) is 11.6 Å². The van der Waals surface area contributed by atoms with Crippen molar-refractivity contribution in [3.63, 3.8) is 0 Å². The Morgan fingerprint density at radius 2 is 1.83 bits per heavy atom. The first kappa shape index (κ1) is 12.8. The molecule has 18 heavy (non-hydrogen) atoms. The second kappa shape index (κ2) is 5.32. The molecule has 7 heteroatoms. The Balaban J connectivity index is 2.37. The van der Waals surface area contributed by atoms with E-state index >= 15 is 0 Å². The fraction of sp³-hybridized carbons (Fsp3) is 0.0909. The summed E-state index contributed by atoms with van der Waals surface area (Å²) in [6, 6.07) is 6.56. The predicted octanol–water partition coefficient (Wildman–Crippen LogP) is 2.02. The van der Waals surface area contributed by atoms with E-state index in [0.29, 0.717) is 11.3 Å². The third-order valence-electron chi connectivity index (χ3n) is 2.22. The number of anilines is 1. The van der Waals surface area contributed by atoms with Crippen molar-refractivity contribution in [1.82, 2.24) is 9.97 Å². The standard InChI is InChI=1S/C11H10ClN3O2S/c12-5-9-3-1-2-4-11(9)18(16,17)15-10-6-13-8-14-7-10/h1-4,6-8,15H,5H2. The summed E-state index contributed by atoms with van der Waals surface area (Å²) in [6.07, 6.45) is 4.09. The molecule has 0 fully saturated rings. The molecule has 0 saturated heterocycles. The van der Waals surface area contributed by atoms with Crippen LogP contribution in [0.25, 0.3) is 0 Å². The topological polar surface area (TPSA) is 72.0 Å². The maximum Gasteiger partial charge on any atom is 0.262 e. The van der Waals surface area contributed by atoms with Crippen LogP contribution in [0, 0.1) is 0 Å². The number of nitrogens with one attached hydrogen (secondary N) is 1. The van der Waals surface area contributed by atoms with Gasteiger partial charge in [0.15, 0.2) is 0 Å². The first-order valence-corrected chi connectivity index (χ1v) is 7.07. The average molecular weight is 284 g/mol. The van der Waals surface area contributed by atoms with Crippen molar-refractivity contribution in [2.24, 2.45) is 0 Å². The van der Waals surface area contributed by atoms with Crippen molar-refractivity contribution < 1.29 is 8.42 Å². The van der Waals surface area contributed by atoms with Gasteiger partial charge in [0.2, 0.25) is 0 Å². The zero-order valence-corrected chi connectivity index (χ0v) is 10.8. The summed E-state index contributed by atoms with van der Waals surface area (Å²) in [5.74, 6) is 0.127. The second-order valence-electron chi connectivity index (χ2n) is 3.47. The largest absolute Gasteiger partial charge is 0.276 e. The van der Waals surface area contributed by atoms with Gasteiger partial charge in [-0.1, -0.05) is 18.2 Å². The zero-order valence-electron chi connectivity index (χ0n) is 9.25. The van der Waals surface area contributed by atoms with E-state index in [1.807, 2.05) is 0 Å². The molecule has 1 aromatic carbocycles. The van der Waals surface area contributed by atoms with E-state index < -0.39 is 10.0 Å². The number of rotatable bonds is 4. The van der Waals surface area contributed by atoms with E-state index in [9.17, 15) is 8.42 Å². The van der Waals surface area contributed by atoms with Gasteiger partial charge in [-0.25, -0.2) is 18.4 Å². The molecule has 1 aromatic heterocycles. The lowest BCUT2D eigenvalue weighted by Crippen LogP contribution is -2.14. The molecule has 5 nitrogen and oxygen atoms in total. The smallest absolute Gasteiger partial charge is 0.262 e. The number of benzene rings is 1. The van der Waals surface area contributed by atoms with Gasteiger partial charge < -0.3 is 0 Å². The maximum absolute atomic E-state index is 12.2. The van der Waals surface area contributed by atoms with Crippen LogP contribution in [0.2, 0.25) is 0 Å². The minimum absolute atomic E-state index is 0.127. The van der Waals surface area contributed by atoms with Gasteiger partial charge in [0.1, 0.15) is 6.33 Å². The SMILES string of the molecule is O=S(=O)(Nc1cncnc1)c1ccccc1CCl. The van der Waals surface area contributed by atoms with Gasteiger partial charge in [0, 0.05) is 5.88 Å². The lowest BCUT2D eigenvalue weighted by atomic mass is 10.2. The summed E-state index contributed by atoms with van der Waals surface area (Å²) >= 11 is 5.72. The van der Waals surface area contributed by atoms with Crippen LogP contribution < -0.4 is 4.72 Å². The highest BCUT2D eigenvalue weighted by Gasteiger charge is 2.17. The molecule has 0 radical (unpaired) electrons. The average Bonchev–Trinajstić information content (AvgIpc) is 2.39. The van der Waals surface area contributed by atoms with Gasteiger partial charge >= 0.3 is 0 Å². The third-order valence-corrected chi connectivity index (χ3v) is 3.99. The highest BCUT2D eigenvalue weighted by atomic mass is 35.5. The van der Waals surface area contributed by atoms with E-state index in [-0.39, 0.29) is 10.8 Å². The van der Waals surface area contributed by atoms with Crippen LogP contribution in [0.15, 0.2) is 47.9 Å². The Kier molecular flexibility index (Phi) is 3.78. The Hall–Kier alpha value is -1.66. The zero-order chi connectivity index (χ0) is 13.0. The highest BCUT2D eigenvalue weighted by molar-refractivity contribution is 7.92. The summed E-state index contributed by atoms with van der Waals surface area (Å²) in [7, 11) is -3.67. The number of hydrogen-bond acceptors (Lipinski definition) is 4. The normalized spacial score (nSPS) is 11.2. The summed E-state index contributed by atoms with van der Waals surface area (Å²) in [4.78, 5) is 7.64. The quantitative estimate of drug-likeness (QED) is 0.871. The Morgan fingerprint density at radius 3 is 2.50 bits per heavy atom. The van der Waals surface area contributed by atoms with Crippen molar-refractivity contribution >= 4 is 27.3 Å². The second-order valence-corrected chi connectivity index (χ2v) is 5.39. The maximum atomic E-state index is 12.2. The van der Waals surface area contributed by atoms with E-state index in [0.717, 1.165) is 0 Å². The van der Waals surface area contributed by atoms with Gasteiger partial charge in [0.05, 0.1) is 23.0 Å². The molecule has 1 N–H and O–H groups in total. The minimum atomic E-state index is -3.67. The van der Waals surface area contributed by atoms with Crippen LogP contribution in [0.1, 0.15) is 5.56 Å². The molecule has 94 valence electrons. The monoisotopic (exact) mass is 283 g/mol. The summed E-state index contributed by atoms with van der Waals surface area (Å²) < 4.78 is 26.7. The predicted molar refractivity (Wildman–Crippen MR) is 68.8 cm³/mol. The summed E-state index contributed by atoms with van der Waals surface area (Å²) in [6.45, 7) is 0. The number of sulfonamides is 1. The number of nitrogens with zero attached hydrogens (tertiary/aromatic N) is 2. The molecular weight excluding hydrogens is 274 g/mol. The molecule has 0 aliphatic rings. The molecule has 0 aliphatic heterocycles. The fourth-order valence-corrected chi connectivity index (χ4v) is 3.02. The van der Waals surface area contributed by atoms with E-state index in [4.69, 9.17) is 11.6 Å². The van der Waals surface area contributed by atoms with E-state index in [2.05, 4.69) is 14.7 Å². The number of aromatic nitrogens is 2. The van der Waals surface area contributed by atoms with Gasteiger partial charge in [0.25, 0.3) is 10.0 Å². The number of hydrogen-bond donors (Lipinski definition) is 1. The Labute approximate surface area is 110 Å². The van der Waals surface area contributed by atoms with Crippen LogP contribution in [0.4, 0.5) is 5.69 Å². The molecule has 0 amide bonds. The fourth-order valence-electron chi connectivity index (χ4n) is 1.44. The summed E-state index contributed by atoms with van der Waals surface area (Å²) in [5.41, 5.74) is 0.852. The van der Waals surface area contributed by atoms with E-state index in [1.165, 1.54) is 24.8 Å². The Bertz CT molecular complexity index is 632. The van der Waals surface area contributed by atoms with Crippen LogP contribution in [-0.4, -0.2) is 18.4 Å². The number of alkyl halides is 1. The molecule has 0 saturated carbocycles. The van der Waals surface area contributed by atoms with Crippen molar-refractivity contribution in [2.45, 2.75) is 10.8 Å². The lowest BCUT2D eigenvalue weighted by Gasteiger charge is -2.10. The first-order valence-electron chi connectivity index (χ1n) is 5.05. The Morgan fingerprint density at radius 1 is 1.17 bits per heavy atom. The summed E-state index contributed by atoms with van der Waals surface area (Å²) in [5, 5.41) is 0. The molecule has 2 rings (SSSR count). The molecule has 0 spiro atoms. The van der Waals surface area contributed by atoms with Crippen LogP contribution in [0.5, 0.6) is 0 Å². The van der Waals surface area contributed by atoms with Crippen LogP contribution in [0.3, 0.4) is 0 Å². The third kappa shape index (κ3) is 2.77. The van der Waals surface area contributed by atoms with Gasteiger partial charge in [-0.2, -0.15) is 0 Å². The molecule has 0 atom stereocenters. The van der Waals surface area contributed by atoms with Crippen LogP contribution >= 0.6 is 11.6 Å². The molecule has 0 bridgehead atoms.